The van der Waals surface area contributed by atoms with Gasteiger partial charge < -0.3 is 10.1 Å². The SMILES string of the molecule is CNC(CC1CCCCO1)c1cccs1. The van der Waals surface area contributed by atoms with Crippen LogP contribution in [0.5, 0.6) is 0 Å². The maximum absolute atomic E-state index is 5.77. The molecule has 2 atom stereocenters. The summed E-state index contributed by atoms with van der Waals surface area (Å²) in [5, 5.41) is 5.52. The second kappa shape index (κ2) is 5.64. The van der Waals surface area contributed by atoms with Crippen molar-refractivity contribution in [3.63, 3.8) is 0 Å². The Balaban J connectivity index is 1.90. The number of nitrogens with one attached hydrogen (secondary N) is 1. The zero-order valence-electron chi connectivity index (χ0n) is 9.24. The van der Waals surface area contributed by atoms with Crippen molar-refractivity contribution in [3.8, 4) is 0 Å². The summed E-state index contributed by atoms with van der Waals surface area (Å²) >= 11 is 1.83. The second-order valence-electron chi connectivity index (χ2n) is 4.08. The third-order valence-corrected chi connectivity index (χ3v) is 3.99. The Morgan fingerprint density at radius 2 is 2.53 bits per heavy atom. The topological polar surface area (TPSA) is 21.3 Å². The second-order valence-corrected chi connectivity index (χ2v) is 5.06. The fourth-order valence-electron chi connectivity index (χ4n) is 2.12. The predicted octanol–water partition coefficient (Wildman–Crippen LogP) is 2.97. The van der Waals surface area contributed by atoms with Crippen LogP contribution in [0.15, 0.2) is 17.5 Å². The van der Waals surface area contributed by atoms with Crippen molar-refractivity contribution in [1.82, 2.24) is 5.32 Å². The maximum Gasteiger partial charge on any atom is 0.0593 e. The van der Waals surface area contributed by atoms with Crippen LogP contribution in [0.2, 0.25) is 0 Å². The van der Waals surface area contributed by atoms with Crippen LogP contribution in [0.25, 0.3) is 0 Å². The van der Waals surface area contributed by atoms with E-state index in [9.17, 15) is 0 Å². The van der Waals surface area contributed by atoms with Crippen LogP contribution in [-0.4, -0.2) is 19.8 Å². The van der Waals surface area contributed by atoms with Crippen LogP contribution in [0.3, 0.4) is 0 Å². The summed E-state index contributed by atoms with van der Waals surface area (Å²) < 4.78 is 5.77. The van der Waals surface area contributed by atoms with Gasteiger partial charge in [0.25, 0.3) is 0 Å². The lowest BCUT2D eigenvalue weighted by atomic mass is 10.0. The highest BCUT2D eigenvalue weighted by Gasteiger charge is 2.20. The van der Waals surface area contributed by atoms with Crippen molar-refractivity contribution in [1.29, 1.82) is 0 Å². The van der Waals surface area contributed by atoms with E-state index >= 15 is 0 Å². The molecule has 3 heteroatoms. The predicted molar refractivity (Wildman–Crippen MR) is 64.3 cm³/mol. The van der Waals surface area contributed by atoms with Gasteiger partial charge in [0, 0.05) is 17.5 Å². The van der Waals surface area contributed by atoms with E-state index in [1.54, 1.807) is 0 Å². The van der Waals surface area contributed by atoms with E-state index in [0.29, 0.717) is 12.1 Å². The minimum Gasteiger partial charge on any atom is -0.378 e. The molecule has 84 valence electrons. The van der Waals surface area contributed by atoms with Gasteiger partial charge in [-0.2, -0.15) is 0 Å². The molecule has 1 aliphatic heterocycles. The van der Waals surface area contributed by atoms with Gasteiger partial charge in [0.2, 0.25) is 0 Å². The molecule has 1 aromatic rings. The Labute approximate surface area is 95.6 Å². The van der Waals surface area contributed by atoms with E-state index in [0.717, 1.165) is 13.0 Å². The van der Waals surface area contributed by atoms with E-state index < -0.39 is 0 Å². The van der Waals surface area contributed by atoms with Crippen LogP contribution in [0, 0.1) is 0 Å². The molecule has 15 heavy (non-hydrogen) atoms. The number of hydrogen-bond acceptors (Lipinski definition) is 3. The largest absolute Gasteiger partial charge is 0.378 e. The van der Waals surface area contributed by atoms with Crippen molar-refractivity contribution in [2.45, 2.75) is 37.8 Å². The van der Waals surface area contributed by atoms with Crippen molar-refractivity contribution in [2.24, 2.45) is 0 Å². The molecule has 2 nitrogen and oxygen atoms in total. The van der Waals surface area contributed by atoms with E-state index in [2.05, 4.69) is 22.8 Å². The zero-order valence-corrected chi connectivity index (χ0v) is 10.1. The van der Waals surface area contributed by atoms with Gasteiger partial charge in [-0.3, -0.25) is 0 Å². The summed E-state index contributed by atoms with van der Waals surface area (Å²) in [6.45, 7) is 0.950. The smallest absolute Gasteiger partial charge is 0.0593 e. The van der Waals surface area contributed by atoms with Crippen LogP contribution < -0.4 is 5.32 Å². The maximum atomic E-state index is 5.77. The minimum absolute atomic E-state index is 0.457. The Kier molecular flexibility index (Phi) is 4.18. The molecule has 1 N–H and O–H groups in total. The lowest BCUT2D eigenvalue weighted by Gasteiger charge is -2.26. The van der Waals surface area contributed by atoms with Gasteiger partial charge in [-0.15, -0.1) is 11.3 Å². The van der Waals surface area contributed by atoms with Gasteiger partial charge in [-0.25, -0.2) is 0 Å². The molecule has 0 saturated carbocycles. The van der Waals surface area contributed by atoms with Gasteiger partial charge in [0.15, 0.2) is 0 Å². The monoisotopic (exact) mass is 225 g/mol. The highest BCUT2D eigenvalue weighted by molar-refractivity contribution is 7.10. The first-order chi connectivity index (χ1) is 7.40. The standard InChI is InChI=1S/C12H19NOS/c1-13-11(12-6-4-8-15-12)9-10-5-2-3-7-14-10/h4,6,8,10-11,13H,2-3,5,7,9H2,1H3. The quantitative estimate of drug-likeness (QED) is 0.850. The molecule has 0 aromatic carbocycles. The minimum atomic E-state index is 0.457. The lowest BCUT2D eigenvalue weighted by molar-refractivity contribution is 0.00569. The number of ether oxygens (including phenoxy) is 1. The average molecular weight is 225 g/mol. The molecule has 2 rings (SSSR count). The molecule has 1 aliphatic rings. The Morgan fingerprint density at radius 1 is 1.60 bits per heavy atom. The molecule has 1 aromatic heterocycles. The molecule has 2 heterocycles. The number of hydrogen-bond donors (Lipinski definition) is 1. The van der Waals surface area contributed by atoms with E-state index in [1.807, 2.05) is 18.4 Å². The molecule has 2 unspecified atom stereocenters. The summed E-state index contributed by atoms with van der Waals surface area (Å²) in [6.07, 6.45) is 5.35. The first-order valence-corrected chi connectivity index (χ1v) is 6.60. The fraction of sp³-hybridized carbons (Fsp3) is 0.667. The third-order valence-electron chi connectivity index (χ3n) is 3.01. The Morgan fingerprint density at radius 3 is 3.13 bits per heavy atom. The summed E-state index contributed by atoms with van der Waals surface area (Å²) in [5.41, 5.74) is 0. The average Bonchev–Trinajstić information content (AvgIpc) is 2.81. The van der Waals surface area contributed by atoms with Crippen molar-refractivity contribution < 1.29 is 4.74 Å². The first kappa shape index (κ1) is 11.1. The van der Waals surface area contributed by atoms with Crippen molar-refractivity contribution in [2.75, 3.05) is 13.7 Å². The lowest BCUT2D eigenvalue weighted by Crippen LogP contribution is -2.26. The first-order valence-electron chi connectivity index (χ1n) is 5.72. The molecular weight excluding hydrogens is 206 g/mol. The Hall–Kier alpha value is -0.380. The van der Waals surface area contributed by atoms with E-state index in [1.165, 1.54) is 24.1 Å². The fourth-order valence-corrected chi connectivity index (χ4v) is 2.97. The molecular formula is C12H19NOS. The normalized spacial score (nSPS) is 23.9. The molecule has 0 bridgehead atoms. The number of thiophene rings is 1. The van der Waals surface area contributed by atoms with Crippen LogP contribution in [0.1, 0.15) is 36.6 Å². The third kappa shape index (κ3) is 3.03. The van der Waals surface area contributed by atoms with Gasteiger partial charge in [0.1, 0.15) is 0 Å². The van der Waals surface area contributed by atoms with E-state index in [4.69, 9.17) is 4.74 Å². The summed E-state index contributed by atoms with van der Waals surface area (Å²) in [6, 6.07) is 4.79. The molecule has 0 aliphatic carbocycles. The van der Waals surface area contributed by atoms with Gasteiger partial charge in [-0.1, -0.05) is 6.07 Å². The highest BCUT2D eigenvalue weighted by Crippen LogP contribution is 2.27. The summed E-state index contributed by atoms with van der Waals surface area (Å²) in [7, 11) is 2.03. The molecule has 0 amide bonds. The number of rotatable bonds is 4. The zero-order chi connectivity index (χ0) is 10.5. The van der Waals surface area contributed by atoms with Crippen molar-refractivity contribution in [3.05, 3.63) is 22.4 Å². The summed E-state index contributed by atoms with van der Waals surface area (Å²) in [5.74, 6) is 0. The summed E-state index contributed by atoms with van der Waals surface area (Å²) in [4.78, 5) is 1.42. The van der Waals surface area contributed by atoms with Gasteiger partial charge in [0.05, 0.1) is 6.10 Å². The van der Waals surface area contributed by atoms with Gasteiger partial charge in [-0.05, 0) is 44.2 Å². The van der Waals surface area contributed by atoms with Crippen LogP contribution in [0.4, 0.5) is 0 Å². The molecule has 1 saturated heterocycles. The Bertz CT molecular complexity index is 267. The molecule has 1 fully saturated rings. The molecule has 0 spiro atoms. The van der Waals surface area contributed by atoms with Crippen molar-refractivity contribution >= 4 is 11.3 Å². The van der Waals surface area contributed by atoms with E-state index in [-0.39, 0.29) is 0 Å². The highest BCUT2D eigenvalue weighted by atomic mass is 32.1. The van der Waals surface area contributed by atoms with Crippen LogP contribution >= 0.6 is 11.3 Å². The molecule has 0 radical (unpaired) electrons. The van der Waals surface area contributed by atoms with Crippen LogP contribution in [-0.2, 0) is 4.74 Å². The van der Waals surface area contributed by atoms with Gasteiger partial charge >= 0.3 is 0 Å².